The van der Waals surface area contributed by atoms with Gasteiger partial charge in [-0.25, -0.2) is 4.68 Å². The first-order valence-electron chi connectivity index (χ1n) is 11.6. The minimum Gasteiger partial charge on any atom is -0.391 e. The predicted octanol–water partition coefficient (Wildman–Crippen LogP) is 0.00870. The highest BCUT2D eigenvalue weighted by atomic mass is 16.3. The van der Waals surface area contributed by atoms with Crippen molar-refractivity contribution in [2.45, 2.75) is 89.6 Å². The molecular formula is C22H38N6O4. The van der Waals surface area contributed by atoms with Crippen molar-refractivity contribution in [2.24, 2.45) is 5.41 Å². The van der Waals surface area contributed by atoms with Gasteiger partial charge < -0.3 is 25.7 Å². The molecule has 1 aromatic heterocycles. The van der Waals surface area contributed by atoms with Crippen molar-refractivity contribution in [1.82, 2.24) is 30.5 Å². The number of nitrogens with zero attached hydrogens (tertiary/aromatic N) is 4. The van der Waals surface area contributed by atoms with E-state index in [1.807, 2.05) is 20.8 Å². The Labute approximate surface area is 189 Å². The average Bonchev–Trinajstić information content (AvgIpc) is 3.37. The summed E-state index contributed by atoms with van der Waals surface area (Å²) < 4.78 is 1.56. The van der Waals surface area contributed by atoms with Crippen LogP contribution in [-0.2, 0) is 16.0 Å². The summed E-state index contributed by atoms with van der Waals surface area (Å²) in [6.07, 6.45) is 5.19. The van der Waals surface area contributed by atoms with Crippen molar-refractivity contribution in [1.29, 1.82) is 0 Å². The van der Waals surface area contributed by atoms with Crippen LogP contribution in [0.3, 0.4) is 0 Å². The van der Waals surface area contributed by atoms with Crippen LogP contribution in [0.5, 0.6) is 0 Å². The van der Waals surface area contributed by atoms with E-state index in [0.717, 1.165) is 25.8 Å². The first kappa shape index (κ1) is 24.6. The van der Waals surface area contributed by atoms with E-state index in [1.54, 1.807) is 10.9 Å². The van der Waals surface area contributed by atoms with Gasteiger partial charge >= 0.3 is 0 Å². The molecule has 5 unspecified atom stereocenters. The lowest BCUT2D eigenvalue weighted by atomic mass is 9.85. The molecule has 180 valence electrons. The van der Waals surface area contributed by atoms with Crippen molar-refractivity contribution in [2.75, 3.05) is 20.1 Å². The molecule has 0 saturated carbocycles. The SMILES string of the molecule is CNC(=O)C1CC(O)CN1C(=O)C(n1cc(CCC(O)C2CCCCN2)nn1)C(C)(C)C. The lowest BCUT2D eigenvalue weighted by Gasteiger charge is -2.34. The largest absolute Gasteiger partial charge is 0.391 e. The van der Waals surface area contributed by atoms with E-state index in [9.17, 15) is 19.8 Å². The quantitative estimate of drug-likeness (QED) is 0.460. The van der Waals surface area contributed by atoms with Crippen LogP contribution in [0.25, 0.3) is 0 Å². The summed E-state index contributed by atoms with van der Waals surface area (Å²) in [5.74, 6) is -0.544. The van der Waals surface area contributed by atoms with Crippen LogP contribution in [0.4, 0.5) is 0 Å². The molecule has 5 atom stereocenters. The third-order valence-electron chi connectivity index (χ3n) is 6.50. The number of piperidine rings is 1. The molecule has 0 aromatic carbocycles. The van der Waals surface area contributed by atoms with E-state index in [0.29, 0.717) is 18.5 Å². The molecule has 2 amide bonds. The Kier molecular flexibility index (Phi) is 7.89. The van der Waals surface area contributed by atoms with Gasteiger partial charge in [-0.3, -0.25) is 9.59 Å². The van der Waals surface area contributed by atoms with Gasteiger partial charge in [0.05, 0.1) is 17.9 Å². The molecule has 3 heterocycles. The topological polar surface area (TPSA) is 133 Å². The van der Waals surface area contributed by atoms with Gasteiger partial charge in [0, 0.05) is 32.3 Å². The summed E-state index contributed by atoms with van der Waals surface area (Å²) in [5, 5.41) is 35.0. The molecule has 32 heavy (non-hydrogen) atoms. The number of aliphatic hydroxyl groups is 2. The van der Waals surface area contributed by atoms with Crippen LogP contribution < -0.4 is 10.6 Å². The Bertz CT molecular complexity index is 786. The maximum atomic E-state index is 13.5. The fourth-order valence-corrected chi connectivity index (χ4v) is 4.77. The van der Waals surface area contributed by atoms with Crippen molar-refractivity contribution in [3.05, 3.63) is 11.9 Å². The first-order chi connectivity index (χ1) is 15.1. The zero-order valence-electron chi connectivity index (χ0n) is 19.6. The van der Waals surface area contributed by atoms with Gasteiger partial charge in [-0.1, -0.05) is 32.4 Å². The van der Waals surface area contributed by atoms with Gasteiger partial charge in [-0.2, -0.15) is 0 Å². The van der Waals surface area contributed by atoms with Gasteiger partial charge in [0.25, 0.3) is 0 Å². The number of carbonyl (C=O) groups is 2. The molecule has 10 nitrogen and oxygen atoms in total. The first-order valence-corrected chi connectivity index (χ1v) is 11.6. The molecule has 0 bridgehead atoms. The number of rotatable bonds is 7. The van der Waals surface area contributed by atoms with E-state index in [2.05, 4.69) is 20.9 Å². The second-order valence-corrected chi connectivity index (χ2v) is 10.1. The molecule has 0 spiro atoms. The summed E-state index contributed by atoms with van der Waals surface area (Å²) in [5.41, 5.74) is 0.222. The molecule has 2 aliphatic rings. The average molecular weight is 451 g/mol. The van der Waals surface area contributed by atoms with E-state index in [1.165, 1.54) is 11.9 Å². The Hall–Kier alpha value is -2.04. The molecule has 0 aliphatic carbocycles. The molecule has 3 rings (SSSR count). The second-order valence-electron chi connectivity index (χ2n) is 10.1. The zero-order chi connectivity index (χ0) is 23.5. The number of hydrogen-bond donors (Lipinski definition) is 4. The summed E-state index contributed by atoms with van der Waals surface area (Å²) in [6, 6.07) is -1.26. The Morgan fingerprint density at radius 2 is 2.09 bits per heavy atom. The summed E-state index contributed by atoms with van der Waals surface area (Å²) >= 11 is 0. The molecule has 2 fully saturated rings. The normalized spacial score (nSPS) is 26.1. The highest BCUT2D eigenvalue weighted by Crippen LogP contribution is 2.34. The molecule has 0 radical (unpaired) electrons. The Morgan fingerprint density at radius 1 is 1.34 bits per heavy atom. The molecule has 1 aromatic rings. The lowest BCUT2D eigenvalue weighted by Crippen LogP contribution is -2.49. The van der Waals surface area contributed by atoms with E-state index in [4.69, 9.17) is 0 Å². The number of amides is 2. The number of likely N-dealkylation sites (tertiary alicyclic amines) is 1. The second kappa shape index (κ2) is 10.3. The molecule has 4 N–H and O–H groups in total. The Balaban J connectivity index is 1.72. The summed E-state index contributed by atoms with van der Waals surface area (Å²) in [7, 11) is 1.53. The molecular weight excluding hydrogens is 412 g/mol. The Morgan fingerprint density at radius 3 is 2.72 bits per heavy atom. The zero-order valence-corrected chi connectivity index (χ0v) is 19.6. The van der Waals surface area contributed by atoms with Crippen molar-refractivity contribution >= 4 is 11.8 Å². The lowest BCUT2D eigenvalue weighted by molar-refractivity contribution is -0.144. The summed E-state index contributed by atoms with van der Waals surface area (Å²) in [4.78, 5) is 27.3. The fraction of sp³-hybridized carbons (Fsp3) is 0.818. The number of carbonyl (C=O) groups excluding carboxylic acids is 2. The van der Waals surface area contributed by atoms with Gasteiger partial charge in [0.2, 0.25) is 11.8 Å². The van der Waals surface area contributed by atoms with Crippen LogP contribution in [0.1, 0.15) is 64.6 Å². The monoisotopic (exact) mass is 450 g/mol. The highest BCUT2D eigenvalue weighted by Gasteiger charge is 2.45. The van der Waals surface area contributed by atoms with Crippen LogP contribution in [0.2, 0.25) is 0 Å². The van der Waals surface area contributed by atoms with Crippen LogP contribution in [-0.4, -0.2) is 86.3 Å². The molecule has 2 aliphatic heterocycles. The van der Waals surface area contributed by atoms with Crippen molar-refractivity contribution < 1.29 is 19.8 Å². The molecule has 2 saturated heterocycles. The van der Waals surface area contributed by atoms with Gasteiger partial charge in [0.15, 0.2) is 0 Å². The number of hydrogen-bond acceptors (Lipinski definition) is 7. The van der Waals surface area contributed by atoms with Gasteiger partial charge in [0.1, 0.15) is 12.1 Å². The number of β-amino-alcohol motifs (C(OH)–C–C–N with tert-alkyl or cyclic N) is 1. The highest BCUT2D eigenvalue weighted by molar-refractivity contribution is 5.90. The third kappa shape index (κ3) is 5.65. The fourth-order valence-electron chi connectivity index (χ4n) is 4.77. The standard InChI is InChI=1S/C22H38N6O4/c1-22(2,3)19(21(32)27-13-15(29)11-17(27)20(31)23-4)28-12-14(25-26-28)8-9-18(30)16-7-5-6-10-24-16/h12,15-19,24,29-30H,5-11,13H2,1-4H3,(H,23,31). The van der Waals surface area contributed by atoms with Gasteiger partial charge in [-0.05, 0) is 37.6 Å². The van der Waals surface area contributed by atoms with Gasteiger partial charge in [-0.15, -0.1) is 5.10 Å². The van der Waals surface area contributed by atoms with Crippen LogP contribution in [0, 0.1) is 5.41 Å². The molecule has 10 heteroatoms. The maximum absolute atomic E-state index is 13.5. The number of aliphatic hydroxyl groups excluding tert-OH is 2. The predicted molar refractivity (Wildman–Crippen MR) is 119 cm³/mol. The van der Waals surface area contributed by atoms with Crippen LogP contribution in [0.15, 0.2) is 6.20 Å². The van der Waals surface area contributed by atoms with E-state index in [-0.39, 0.29) is 30.8 Å². The number of nitrogens with one attached hydrogen (secondary N) is 2. The van der Waals surface area contributed by atoms with Crippen molar-refractivity contribution in [3.63, 3.8) is 0 Å². The van der Waals surface area contributed by atoms with Crippen molar-refractivity contribution in [3.8, 4) is 0 Å². The van der Waals surface area contributed by atoms with Crippen LogP contribution >= 0.6 is 0 Å². The third-order valence-corrected chi connectivity index (χ3v) is 6.50. The minimum absolute atomic E-state index is 0.117. The maximum Gasteiger partial charge on any atom is 0.248 e. The number of likely N-dealkylation sites (N-methyl/N-ethyl adjacent to an activating group) is 1. The smallest absolute Gasteiger partial charge is 0.248 e. The van der Waals surface area contributed by atoms with E-state index < -0.39 is 29.7 Å². The number of aryl methyl sites for hydroxylation is 1. The summed E-state index contributed by atoms with van der Waals surface area (Å²) in [6.45, 7) is 6.88. The number of aromatic nitrogens is 3. The van der Waals surface area contributed by atoms with E-state index >= 15 is 0 Å². The minimum atomic E-state index is -0.733.